The van der Waals surface area contributed by atoms with Crippen molar-refractivity contribution in [3.8, 4) is 33.8 Å². The smallest absolute Gasteiger partial charge is 0.128 e. The molecule has 0 bridgehead atoms. The van der Waals surface area contributed by atoms with E-state index in [0.717, 1.165) is 46.5 Å². The van der Waals surface area contributed by atoms with Crippen LogP contribution in [0.25, 0.3) is 22.3 Å². The fraction of sp³-hybridized carbons (Fsp3) is 0.229. The van der Waals surface area contributed by atoms with Gasteiger partial charge in [-0.15, -0.1) is 0 Å². The van der Waals surface area contributed by atoms with Gasteiger partial charge in [0.05, 0.1) is 19.6 Å². The van der Waals surface area contributed by atoms with E-state index in [1.165, 1.54) is 44.5 Å². The normalized spacial score (nSPS) is 17.4. The average Bonchev–Trinajstić information content (AvgIpc) is 3.74. The summed E-state index contributed by atoms with van der Waals surface area (Å²) in [5, 5.41) is 24.8. The Kier molecular flexibility index (Phi) is 7.35. The van der Waals surface area contributed by atoms with Crippen LogP contribution in [0.2, 0.25) is 0 Å². The standard InChI is InChI=1S/C48H46N2O2/c1-31-24-33(45(51)43(26-31)47(3)39-18-10-6-14-35(39)36-15-7-11-19-40(36)47)28-50(23-22-49(5)30-50)29-34-25-32(2)27-44(46(34)52)48(4)41-20-12-8-16-37(41)38-17-9-13-21-42(38)48/h6-21,24-27,30,51-52H,22-23,28-29H2,1-5H3. The fourth-order valence-electron chi connectivity index (χ4n) is 10.1. The van der Waals surface area contributed by atoms with Crippen LogP contribution in [0.1, 0.15) is 69.5 Å². The fourth-order valence-corrected chi connectivity index (χ4v) is 10.1. The molecule has 2 N–H and O–H groups in total. The molecule has 1 saturated heterocycles. The molecule has 0 unspecified atom stereocenters. The first kappa shape index (κ1) is 32.7. The number of benzene rings is 6. The molecule has 9 rings (SSSR count). The van der Waals surface area contributed by atoms with Gasteiger partial charge in [-0.05, 0) is 91.4 Å². The molecule has 1 aliphatic heterocycles. The minimum atomic E-state index is -0.499. The van der Waals surface area contributed by atoms with Crippen LogP contribution in [0.15, 0.2) is 121 Å². The zero-order chi connectivity index (χ0) is 36.0. The first-order chi connectivity index (χ1) is 25.0. The molecule has 4 heteroatoms. The Morgan fingerprint density at radius 3 is 1.23 bits per heavy atom. The molecule has 1 fully saturated rings. The van der Waals surface area contributed by atoms with Crippen molar-refractivity contribution in [2.75, 3.05) is 20.1 Å². The number of fused-ring (bicyclic) bond motifs is 6. The molecule has 0 aromatic heterocycles. The molecule has 0 atom stereocenters. The lowest BCUT2D eigenvalue weighted by Crippen LogP contribution is -2.42. The molecule has 0 saturated carbocycles. The molecule has 0 amide bonds. The largest absolute Gasteiger partial charge is 0.507 e. The highest BCUT2D eigenvalue weighted by atomic mass is 16.3. The second-order valence-electron chi connectivity index (χ2n) is 15.9. The van der Waals surface area contributed by atoms with Gasteiger partial charge in [-0.1, -0.05) is 127 Å². The van der Waals surface area contributed by atoms with Gasteiger partial charge in [0.2, 0.25) is 0 Å². The number of aryl methyl sites for hydroxylation is 2. The maximum atomic E-state index is 12.4. The van der Waals surface area contributed by atoms with Gasteiger partial charge in [-0.3, -0.25) is 0 Å². The van der Waals surface area contributed by atoms with Crippen LogP contribution in [0, 0.1) is 20.5 Å². The van der Waals surface area contributed by atoms with E-state index in [1.807, 2.05) is 0 Å². The Bertz CT molecular complexity index is 2160. The van der Waals surface area contributed by atoms with Crippen molar-refractivity contribution >= 4 is 0 Å². The van der Waals surface area contributed by atoms with E-state index in [-0.39, 0.29) is 0 Å². The highest BCUT2D eigenvalue weighted by Gasteiger charge is 2.45. The minimum Gasteiger partial charge on any atom is -0.507 e. The van der Waals surface area contributed by atoms with Gasteiger partial charge in [0.15, 0.2) is 0 Å². The second kappa shape index (κ2) is 11.7. The third-order valence-electron chi connectivity index (χ3n) is 12.5. The molecule has 52 heavy (non-hydrogen) atoms. The lowest BCUT2D eigenvalue weighted by atomic mass is 9.73. The van der Waals surface area contributed by atoms with Crippen LogP contribution in [0.5, 0.6) is 11.5 Å². The third-order valence-corrected chi connectivity index (χ3v) is 12.5. The molecular weight excluding hydrogens is 637 g/mol. The van der Waals surface area contributed by atoms with E-state index in [0.29, 0.717) is 29.1 Å². The summed E-state index contributed by atoms with van der Waals surface area (Å²) in [4.78, 5) is 2.26. The van der Waals surface area contributed by atoms with E-state index < -0.39 is 10.8 Å². The number of aromatic hydroxyl groups is 2. The predicted molar refractivity (Wildman–Crippen MR) is 210 cm³/mol. The zero-order valence-electron chi connectivity index (χ0n) is 30.7. The van der Waals surface area contributed by atoms with E-state index in [4.69, 9.17) is 0 Å². The summed E-state index contributed by atoms with van der Waals surface area (Å²) in [6.07, 6.45) is 0. The van der Waals surface area contributed by atoms with E-state index >= 15 is 0 Å². The molecule has 4 nitrogen and oxygen atoms in total. The van der Waals surface area contributed by atoms with Gasteiger partial charge in [-0.2, -0.15) is 0 Å². The number of likely N-dealkylation sites (N-methyl/N-ethyl adjacent to an activating group) is 1. The third kappa shape index (κ3) is 4.67. The van der Waals surface area contributed by atoms with Crippen molar-refractivity contribution in [2.45, 2.75) is 51.6 Å². The number of hydrogen-bond donors (Lipinski definition) is 2. The minimum absolute atomic E-state index is 0.362. The van der Waals surface area contributed by atoms with Crippen LogP contribution < -0.4 is 0 Å². The number of rotatable bonds is 6. The summed E-state index contributed by atoms with van der Waals surface area (Å²) < 4.78 is 0.594. The zero-order valence-corrected chi connectivity index (χ0v) is 30.7. The molecule has 6 aromatic carbocycles. The van der Waals surface area contributed by atoms with E-state index in [2.05, 4.69) is 168 Å². The number of hydrogen-bond acceptors (Lipinski definition) is 3. The van der Waals surface area contributed by atoms with Crippen molar-refractivity contribution < 1.29 is 14.7 Å². The highest BCUT2D eigenvalue weighted by molar-refractivity contribution is 5.85. The molecule has 0 radical (unpaired) electrons. The van der Waals surface area contributed by atoms with Crippen LogP contribution >= 0.6 is 0 Å². The van der Waals surface area contributed by atoms with Gasteiger partial charge in [0.25, 0.3) is 0 Å². The number of nitrogens with zero attached hydrogens (tertiary/aromatic N) is 2. The first-order valence-corrected chi connectivity index (χ1v) is 18.5. The number of quaternary nitrogens is 1. The number of phenolic OH excluding ortho intramolecular Hbond substituents is 2. The Morgan fingerprint density at radius 1 is 0.558 bits per heavy atom. The number of phenols is 2. The van der Waals surface area contributed by atoms with Crippen molar-refractivity contribution in [2.24, 2.45) is 0 Å². The summed E-state index contributed by atoms with van der Waals surface area (Å²) in [6, 6.07) is 43.2. The molecular formula is C48H46N2O2. The monoisotopic (exact) mass is 682 g/mol. The molecule has 0 spiro atoms. The molecule has 260 valence electrons. The van der Waals surface area contributed by atoms with E-state index in [1.54, 1.807) is 0 Å². The quantitative estimate of drug-likeness (QED) is 0.136. The summed E-state index contributed by atoms with van der Waals surface area (Å²) in [7, 11) is 2.13. The van der Waals surface area contributed by atoms with Crippen molar-refractivity contribution in [1.29, 1.82) is 0 Å². The average molecular weight is 683 g/mol. The lowest BCUT2D eigenvalue weighted by molar-refractivity contribution is -0.918. The van der Waals surface area contributed by atoms with Gasteiger partial charge in [-0.25, -0.2) is 0 Å². The molecule has 6 aromatic rings. The van der Waals surface area contributed by atoms with Gasteiger partial charge in [0.1, 0.15) is 11.5 Å². The maximum Gasteiger partial charge on any atom is 0.128 e. The summed E-state index contributed by atoms with van der Waals surface area (Å²) in [5.41, 5.74) is 14.8. The van der Waals surface area contributed by atoms with Crippen molar-refractivity contribution in [1.82, 2.24) is 4.90 Å². The van der Waals surface area contributed by atoms with Gasteiger partial charge >= 0.3 is 0 Å². The van der Waals surface area contributed by atoms with Crippen LogP contribution in [-0.2, 0) is 23.9 Å². The maximum absolute atomic E-state index is 12.4. The van der Waals surface area contributed by atoms with Crippen LogP contribution in [-0.4, -0.2) is 39.7 Å². The lowest BCUT2D eigenvalue weighted by Gasteiger charge is -2.44. The van der Waals surface area contributed by atoms with Crippen LogP contribution in [0.3, 0.4) is 0 Å². The topological polar surface area (TPSA) is 43.7 Å². The van der Waals surface area contributed by atoms with Crippen molar-refractivity contribution in [3.63, 3.8) is 0 Å². The summed E-state index contributed by atoms with van der Waals surface area (Å²) >= 11 is 0. The van der Waals surface area contributed by atoms with Crippen molar-refractivity contribution in [3.05, 3.63) is 184 Å². The summed E-state index contributed by atoms with van der Waals surface area (Å²) in [5.74, 6) is 0.724. The summed E-state index contributed by atoms with van der Waals surface area (Å²) in [6.45, 7) is 14.1. The van der Waals surface area contributed by atoms with Gasteiger partial charge in [0, 0.05) is 39.6 Å². The van der Waals surface area contributed by atoms with E-state index in [9.17, 15) is 10.2 Å². The SMILES string of the molecule is Cc1cc(C[N+]2(Cc3cc(C)cc(C4(C)c5ccccc5-c5ccccc54)c3O)[CH-]N(C)CC2)c(O)c(C2(C)c3ccccc3-c3ccccc32)c1. The Balaban J connectivity index is 1.15. The Labute approximate surface area is 307 Å². The van der Waals surface area contributed by atoms with Gasteiger partial charge < -0.3 is 19.6 Å². The Hall–Kier alpha value is -5.16. The predicted octanol–water partition coefficient (Wildman–Crippen LogP) is 9.97. The second-order valence-corrected chi connectivity index (χ2v) is 15.9. The Morgan fingerprint density at radius 2 is 0.904 bits per heavy atom. The van der Waals surface area contributed by atoms with Crippen LogP contribution in [0.4, 0.5) is 0 Å². The molecule has 2 aliphatic carbocycles. The molecule has 1 heterocycles. The molecule has 3 aliphatic rings. The first-order valence-electron chi connectivity index (χ1n) is 18.5. The highest BCUT2D eigenvalue weighted by Crippen LogP contribution is 2.56.